The van der Waals surface area contributed by atoms with Crippen LogP contribution in [0.5, 0.6) is 5.75 Å². The summed E-state index contributed by atoms with van der Waals surface area (Å²) in [6, 6.07) is 15.6. The Morgan fingerprint density at radius 3 is 1.91 bits per heavy atom. The van der Waals surface area contributed by atoms with Crippen molar-refractivity contribution in [1.29, 1.82) is 0 Å². The number of carbonyl (C=O) groups is 1. The van der Waals surface area contributed by atoms with Crippen LogP contribution < -0.4 is 4.74 Å². The van der Waals surface area contributed by atoms with E-state index in [9.17, 15) is 4.79 Å². The summed E-state index contributed by atoms with van der Waals surface area (Å²) in [4.78, 5) is 12.0. The lowest BCUT2D eigenvalue weighted by Gasteiger charge is -2.08. The van der Waals surface area contributed by atoms with Crippen LogP contribution in [0, 0.1) is 12.3 Å². The van der Waals surface area contributed by atoms with Gasteiger partial charge in [0.1, 0.15) is 5.75 Å². The first-order chi connectivity index (χ1) is 15.7. The molecule has 3 heteroatoms. The molecule has 0 heterocycles. The zero-order valence-electron chi connectivity index (χ0n) is 19.6. The third-order valence-corrected chi connectivity index (χ3v) is 5.52. The Hall–Kier alpha value is -2.73. The van der Waals surface area contributed by atoms with Gasteiger partial charge in [-0.05, 0) is 48.2 Å². The summed E-state index contributed by atoms with van der Waals surface area (Å²) < 4.78 is 11.1. The van der Waals surface area contributed by atoms with Crippen LogP contribution in [0.15, 0.2) is 48.5 Å². The Balaban J connectivity index is 1.66. The van der Waals surface area contributed by atoms with Gasteiger partial charge in [0.15, 0.2) is 0 Å². The van der Waals surface area contributed by atoms with Gasteiger partial charge in [-0.15, -0.1) is 12.3 Å². The van der Waals surface area contributed by atoms with Crippen LogP contribution in [0.3, 0.4) is 0 Å². The van der Waals surface area contributed by atoms with Gasteiger partial charge in [-0.3, -0.25) is 0 Å². The fourth-order valence-electron chi connectivity index (χ4n) is 3.57. The summed E-state index contributed by atoms with van der Waals surface area (Å²) in [5.41, 5.74) is 2.70. The lowest BCUT2D eigenvalue weighted by molar-refractivity contribution is 0.0502. The third kappa shape index (κ3) is 10.1. The van der Waals surface area contributed by atoms with Gasteiger partial charge < -0.3 is 9.47 Å². The van der Waals surface area contributed by atoms with Crippen molar-refractivity contribution >= 4 is 5.97 Å². The monoisotopic (exact) mass is 434 g/mol. The van der Waals surface area contributed by atoms with E-state index >= 15 is 0 Å². The lowest BCUT2D eigenvalue weighted by atomic mass is 10.0. The van der Waals surface area contributed by atoms with E-state index in [0.29, 0.717) is 25.0 Å². The second-order valence-electron chi connectivity index (χ2n) is 8.22. The van der Waals surface area contributed by atoms with Gasteiger partial charge in [-0.2, -0.15) is 0 Å². The molecule has 0 aliphatic rings. The number of carbonyl (C=O) groups excluding carboxylic acids is 1. The van der Waals surface area contributed by atoms with Crippen LogP contribution in [0.1, 0.15) is 87.9 Å². The Morgan fingerprint density at radius 2 is 1.31 bits per heavy atom. The SMILES string of the molecule is C#CCCCOC(=O)c1ccc(-c2ccc(OCCCCCCCCCCC)cc2)cc1. The number of esters is 1. The first-order valence-electron chi connectivity index (χ1n) is 12.2. The minimum atomic E-state index is -0.311. The molecular formula is C29H38O3. The van der Waals surface area contributed by atoms with Crippen molar-refractivity contribution in [1.82, 2.24) is 0 Å². The maximum Gasteiger partial charge on any atom is 0.338 e. The van der Waals surface area contributed by atoms with Crippen molar-refractivity contribution in [2.75, 3.05) is 13.2 Å². The fourth-order valence-corrected chi connectivity index (χ4v) is 3.57. The topological polar surface area (TPSA) is 35.5 Å². The predicted molar refractivity (Wildman–Crippen MR) is 133 cm³/mol. The van der Waals surface area contributed by atoms with Gasteiger partial charge >= 0.3 is 5.97 Å². The van der Waals surface area contributed by atoms with E-state index in [4.69, 9.17) is 15.9 Å². The minimum absolute atomic E-state index is 0.311. The highest BCUT2D eigenvalue weighted by molar-refractivity contribution is 5.90. The van der Waals surface area contributed by atoms with Gasteiger partial charge in [0.2, 0.25) is 0 Å². The second-order valence-corrected chi connectivity index (χ2v) is 8.22. The molecule has 0 unspecified atom stereocenters. The van der Waals surface area contributed by atoms with Crippen molar-refractivity contribution in [3.05, 3.63) is 54.1 Å². The van der Waals surface area contributed by atoms with Crippen LogP contribution >= 0.6 is 0 Å². The molecule has 32 heavy (non-hydrogen) atoms. The summed E-state index contributed by atoms with van der Waals surface area (Å²) in [5.74, 6) is 3.13. The third-order valence-electron chi connectivity index (χ3n) is 5.52. The van der Waals surface area contributed by atoms with Crippen LogP contribution in [-0.2, 0) is 4.74 Å². The Morgan fingerprint density at radius 1 is 0.750 bits per heavy atom. The van der Waals surface area contributed by atoms with Crippen LogP contribution in [0.2, 0.25) is 0 Å². The molecule has 0 atom stereocenters. The standard InChI is InChI=1S/C29H38O3/c1-3-5-7-8-9-10-11-12-14-23-31-28-21-19-26(20-22-28)25-15-17-27(18-16-25)29(30)32-24-13-6-4-2/h2,15-22H,3,5-14,23-24H2,1H3. The van der Waals surface area contributed by atoms with Crippen molar-refractivity contribution in [2.24, 2.45) is 0 Å². The highest BCUT2D eigenvalue weighted by Gasteiger charge is 2.07. The van der Waals surface area contributed by atoms with Crippen molar-refractivity contribution in [3.8, 4) is 29.2 Å². The predicted octanol–water partition coefficient (Wildman–Crippen LogP) is 7.83. The number of terminal acetylenes is 1. The van der Waals surface area contributed by atoms with E-state index in [1.165, 1.54) is 51.4 Å². The second kappa shape index (κ2) is 16.0. The molecule has 0 aromatic heterocycles. The lowest BCUT2D eigenvalue weighted by Crippen LogP contribution is -2.06. The number of hydrogen-bond donors (Lipinski definition) is 0. The van der Waals surface area contributed by atoms with Gasteiger partial charge in [0, 0.05) is 6.42 Å². The summed E-state index contributed by atoms with van der Waals surface area (Å²) in [6.45, 7) is 3.38. The molecule has 0 aliphatic carbocycles. The molecule has 0 fully saturated rings. The average molecular weight is 435 g/mol. The smallest absolute Gasteiger partial charge is 0.338 e. The molecule has 0 aliphatic heterocycles. The van der Waals surface area contributed by atoms with Crippen LogP contribution in [0.25, 0.3) is 11.1 Å². The zero-order valence-corrected chi connectivity index (χ0v) is 19.6. The Labute approximate surface area is 194 Å². The summed E-state index contributed by atoms with van der Waals surface area (Å²) in [5, 5.41) is 0. The summed E-state index contributed by atoms with van der Waals surface area (Å²) in [6.07, 6.45) is 18.3. The van der Waals surface area contributed by atoms with E-state index in [1.807, 2.05) is 24.3 Å². The number of unbranched alkanes of at least 4 members (excludes halogenated alkanes) is 9. The van der Waals surface area contributed by atoms with Crippen LogP contribution in [-0.4, -0.2) is 19.2 Å². The van der Waals surface area contributed by atoms with E-state index in [-0.39, 0.29) is 5.97 Å². The largest absolute Gasteiger partial charge is 0.494 e. The van der Waals surface area contributed by atoms with Gasteiger partial charge in [-0.1, -0.05) is 82.6 Å². The molecule has 2 aromatic rings. The van der Waals surface area contributed by atoms with Gasteiger partial charge in [-0.25, -0.2) is 4.79 Å². The number of ether oxygens (including phenoxy) is 2. The fraction of sp³-hybridized carbons (Fsp3) is 0.483. The number of hydrogen-bond acceptors (Lipinski definition) is 3. The molecule has 172 valence electrons. The van der Waals surface area contributed by atoms with Crippen molar-refractivity contribution in [2.45, 2.75) is 77.6 Å². The molecule has 2 rings (SSSR count). The maximum absolute atomic E-state index is 12.0. The molecule has 0 N–H and O–H groups in total. The molecule has 3 nitrogen and oxygen atoms in total. The van der Waals surface area contributed by atoms with Crippen LogP contribution in [0.4, 0.5) is 0 Å². The number of benzene rings is 2. The van der Waals surface area contributed by atoms with Gasteiger partial charge in [0.25, 0.3) is 0 Å². The highest BCUT2D eigenvalue weighted by Crippen LogP contribution is 2.23. The number of rotatable bonds is 16. The molecule has 0 radical (unpaired) electrons. The molecule has 2 aromatic carbocycles. The maximum atomic E-state index is 12.0. The summed E-state index contributed by atoms with van der Waals surface area (Å²) >= 11 is 0. The van der Waals surface area contributed by atoms with E-state index in [1.54, 1.807) is 12.1 Å². The zero-order chi connectivity index (χ0) is 22.9. The molecule has 0 saturated heterocycles. The molecular weight excluding hydrogens is 396 g/mol. The molecule has 0 amide bonds. The Bertz CT molecular complexity index is 800. The van der Waals surface area contributed by atoms with E-state index in [0.717, 1.165) is 29.9 Å². The Kier molecular flexibility index (Phi) is 12.7. The van der Waals surface area contributed by atoms with Crippen molar-refractivity contribution < 1.29 is 14.3 Å². The average Bonchev–Trinajstić information content (AvgIpc) is 2.83. The minimum Gasteiger partial charge on any atom is -0.494 e. The molecule has 0 spiro atoms. The van der Waals surface area contributed by atoms with E-state index < -0.39 is 0 Å². The summed E-state index contributed by atoms with van der Waals surface area (Å²) in [7, 11) is 0. The first-order valence-corrected chi connectivity index (χ1v) is 12.2. The van der Waals surface area contributed by atoms with Gasteiger partial charge in [0.05, 0.1) is 18.8 Å². The van der Waals surface area contributed by atoms with Crippen molar-refractivity contribution in [3.63, 3.8) is 0 Å². The molecule has 0 saturated carbocycles. The first kappa shape index (κ1) is 25.5. The normalized spacial score (nSPS) is 10.5. The molecule has 0 bridgehead atoms. The highest BCUT2D eigenvalue weighted by atomic mass is 16.5. The van der Waals surface area contributed by atoms with E-state index in [2.05, 4.69) is 25.0 Å². The quantitative estimate of drug-likeness (QED) is 0.153.